The number of nitrogens with one attached hydrogen (secondary N) is 1. The molecule has 0 fully saturated rings. The number of aliphatic hydroxyl groups is 1. The van der Waals surface area contributed by atoms with Crippen LogP contribution in [-0.2, 0) is 9.59 Å². The SMILES string of the molecule is COc1cc(F)ccc1NC1=CC(=O)N(CCO)C1=O. The Bertz CT molecular complexity index is 586. The minimum absolute atomic E-state index is 0.0494. The molecule has 20 heavy (non-hydrogen) atoms. The van der Waals surface area contributed by atoms with Crippen molar-refractivity contribution in [1.29, 1.82) is 0 Å². The van der Waals surface area contributed by atoms with E-state index in [0.717, 1.165) is 17.0 Å². The number of hydrogen-bond acceptors (Lipinski definition) is 5. The number of imide groups is 1. The Kier molecular flexibility index (Phi) is 3.99. The molecular formula is C13H13FN2O4. The zero-order valence-corrected chi connectivity index (χ0v) is 10.7. The predicted octanol–water partition coefficient (Wildman–Crippen LogP) is 0.491. The topological polar surface area (TPSA) is 78.9 Å². The van der Waals surface area contributed by atoms with Crippen LogP contribution in [-0.4, -0.2) is 42.1 Å². The van der Waals surface area contributed by atoms with Crippen molar-refractivity contribution in [3.05, 3.63) is 35.8 Å². The van der Waals surface area contributed by atoms with Gasteiger partial charge in [-0.2, -0.15) is 0 Å². The number of methoxy groups -OCH3 is 1. The number of anilines is 1. The quantitative estimate of drug-likeness (QED) is 0.767. The standard InChI is InChI=1S/C13H13FN2O4/c1-20-11-6-8(14)2-3-9(11)15-10-7-12(18)16(4-5-17)13(10)19/h2-3,6-7,15,17H,4-5H2,1H3. The summed E-state index contributed by atoms with van der Waals surface area (Å²) in [6.45, 7) is -0.377. The predicted molar refractivity (Wildman–Crippen MR) is 68.5 cm³/mol. The maximum Gasteiger partial charge on any atom is 0.277 e. The van der Waals surface area contributed by atoms with Gasteiger partial charge in [0.1, 0.15) is 17.3 Å². The first-order valence-electron chi connectivity index (χ1n) is 5.85. The normalized spacial score (nSPS) is 14.6. The van der Waals surface area contributed by atoms with Crippen molar-refractivity contribution in [3.8, 4) is 5.75 Å². The second-order valence-electron chi connectivity index (χ2n) is 4.05. The fourth-order valence-electron chi connectivity index (χ4n) is 1.82. The molecule has 0 aromatic heterocycles. The lowest BCUT2D eigenvalue weighted by Gasteiger charge is -2.14. The molecule has 0 saturated heterocycles. The zero-order chi connectivity index (χ0) is 14.7. The second kappa shape index (κ2) is 5.70. The molecule has 0 aliphatic carbocycles. The van der Waals surface area contributed by atoms with Gasteiger partial charge >= 0.3 is 0 Å². The van der Waals surface area contributed by atoms with Gasteiger partial charge in [0, 0.05) is 12.1 Å². The average molecular weight is 280 g/mol. The molecule has 1 aromatic rings. The number of benzene rings is 1. The van der Waals surface area contributed by atoms with Crippen LogP contribution in [0.4, 0.5) is 10.1 Å². The smallest absolute Gasteiger partial charge is 0.277 e. The van der Waals surface area contributed by atoms with Gasteiger partial charge in [0.2, 0.25) is 0 Å². The van der Waals surface area contributed by atoms with E-state index < -0.39 is 17.6 Å². The minimum Gasteiger partial charge on any atom is -0.494 e. The van der Waals surface area contributed by atoms with Crippen molar-refractivity contribution in [3.63, 3.8) is 0 Å². The van der Waals surface area contributed by atoms with Gasteiger partial charge in [0.25, 0.3) is 11.8 Å². The second-order valence-corrected chi connectivity index (χ2v) is 4.05. The highest BCUT2D eigenvalue weighted by atomic mass is 19.1. The molecule has 0 radical (unpaired) electrons. The molecular weight excluding hydrogens is 267 g/mol. The van der Waals surface area contributed by atoms with E-state index in [4.69, 9.17) is 9.84 Å². The summed E-state index contributed by atoms with van der Waals surface area (Å²) in [6, 6.07) is 3.77. The van der Waals surface area contributed by atoms with Gasteiger partial charge in [-0.1, -0.05) is 0 Å². The first-order chi connectivity index (χ1) is 9.56. The molecule has 1 aliphatic heterocycles. The van der Waals surface area contributed by atoms with E-state index in [1.807, 2.05) is 0 Å². The Morgan fingerprint density at radius 3 is 2.80 bits per heavy atom. The molecule has 0 atom stereocenters. The number of halogens is 1. The highest BCUT2D eigenvalue weighted by molar-refractivity contribution is 6.17. The van der Waals surface area contributed by atoms with Crippen LogP contribution in [0.3, 0.4) is 0 Å². The Hall–Kier alpha value is -2.41. The van der Waals surface area contributed by atoms with E-state index in [2.05, 4.69) is 5.32 Å². The highest BCUT2D eigenvalue weighted by Crippen LogP contribution is 2.27. The number of β-amino-alcohol motifs (C(OH)–C–C–N with tert-alkyl or cyclic N) is 1. The number of carbonyl (C=O) groups excluding carboxylic acids is 2. The van der Waals surface area contributed by atoms with Crippen LogP contribution < -0.4 is 10.1 Å². The monoisotopic (exact) mass is 280 g/mol. The van der Waals surface area contributed by atoms with E-state index in [9.17, 15) is 14.0 Å². The summed E-state index contributed by atoms with van der Waals surface area (Å²) >= 11 is 0. The lowest BCUT2D eigenvalue weighted by Crippen LogP contribution is -2.34. The fraction of sp³-hybridized carbons (Fsp3) is 0.231. The van der Waals surface area contributed by atoms with Crippen molar-refractivity contribution < 1.29 is 23.8 Å². The van der Waals surface area contributed by atoms with Gasteiger partial charge in [-0.05, 0) is 12.1 Å². The first kappa shape index (κ1) is 14.0. The third-order valence-electron chi connectivity index (χ3n) is 2.77. The zero-order valence-electron chi connectivity index (χ0n) is 10.7. The number of hydrogen-bond donors (Lipinski definition) is 2. The van der Waals surface area contributed by atoms with Crippen LogP contribution in [0.25, 0.3) is 0 Å². The number of amides is 2. The highest BCUT2D eigenvalue weighted by Gasteiger charge is 2.30. The van der Waals surface area contributed by atoms with Gasteiger partial charge in [0.15, 0.2) is 0 Å². The molecule has 1 heterocycles. The van der Waals surface area contributed by atoms with Crippen molar-refractivity contribution in [2.75, 3.05) is 25.6 Å². The molecule has 1 aliphatic rings. The summed E-state index contributed by atoms with van der Waals surface area (Å²) < 4.78 is 18.1. The van der Waals surface area contributed by atoms with Crippen LogP contribution in [0.1, 0.15) is 0 Å². The molecule has 0 unspecified atom stereocenters. The van der Waals surface area contributed by atoms with Crippen LogP contribution in [0, 0.1) is 5.82 Å². The largest absolute Gasteiger partial charge is 0.494 e. The number of carbonyl (C=O) groups is 2. The Morgan fingerprint density at radius 1 is 1.40 bits per heavy atom. The molecule has 2 amide bonds. The van der Waals surface area contributed by atoms with Crippen LogP contribution in [0.15, 0.2) is 30.0 Å². The average Bonchev–Trinajstić information content (AvgIpc) is 2.69. The maximum atomic E-state index is 13.1. The van der Waals surface area contributed by atoms with Crippen molar-refractivity contribution in [2.45, 2.75) is 0 Å². The molecule has 7 heteroatoms. The number of ether oxygens (including phenoxy) is 1. The minimum atomic E-state index is -0.546. The summed E-state index contributed by atoms with van der Waals surface area (Å²) in [5.74, 6) is -1.31. The van der Waals surface area contributed by atoms with Crippen molar-refractivity contribution in [2.24, 2.45) is 0 Å². The molecule has 1 aromatic carbocycles. The number of aliphatic hydroxyl groups excluding tert-OH is 1. The lowest BCUT2D eigenvalue weighted by atomic mass is 10.2. The Labute approximate surface area is 114 Å². The molecule has 0 saturated carbocycles. The Balaban J connectivity index is 2.21. The Morgan fingerprint density at radius 2 is 2.15 bits per heavy atom. The summed E-state index contributed by atoms with van der Waals surface area (Å²) in [4.78, 5) is 24.4. The number of nitrogens with zero attached hydrogens (tertiary/aromatic N) is 1. The van der Waals surface area contributed by atoms with Crippen LogP contribution in [0.2, 0.25) is 0 Å². The van der Waals surface area contributed by atoms with Gasteiger partial charge in [-0.3, -0.25) is 14.5 Å². The lowest BCUT2D eigenvalue weighted by molar-refractivity contribution is -0.137. The molecule has 6 nitrogen and oxygen atoms in total. The van der Waals surface area contributed by atoms with E-state index in [0.29, 0.717) is 5.69 Å². The van der Waals surface area contributed by atoms with E-state index >= 15 is 0 Å². The molecule has 0 bridgehead atoms. The van der Waals surface area contributed by atoms with Crippen LogP contribution >= 0.6 is 0 Å². The summed E-state index contributed by atoms with van der Waals surface area (Å²) in [7, 11) is 1.37. The van der Waals surface area contributed by atoms with Crippen molar-refractivity contribution in [1.82, 2.24) is 4.90 Å². The van der Waals surface area contributed by atoms with Gasteiger partial charge in [-0.25, -0.2) is 4.39 Å². The third-order valence-corrected chi connectivity index (χ3v) is 2.77. The third kappa shape index (κ3) is 2.62. The molecule has 2 rings (SSSR count). The first-order valence-corrected chi connectivity index (χ1v) is 5.85. The van der Waals surface area contributed by atoms with Gasteiger partial charge in [-0.15, -0.1) is 0 Å². The summed E-state index contributed by atoms with van der Waals surface area (Å²) in [5.41, 5.74) is 0.417. The van der Waals surface area contributed by atoms with Crippen molar-refractivity contribution >= 4 is 17.5 Å². The molecule has 106 valence electrons. The van der Waals surface area contributed by atoms with E-state index in [1.54, 1.807) is 0 Å². The van der Waals surface area contributed by atoms with Gasteiger partial charge in [0.05, 0.1) is 25.9 Å². The number of rotatable bonds is 5. The molecule has 0 spiro atoms. The molecule has 2 N–H and O–H groups in total. The fourth-order valence-corrected chi connectivity index (χ4v) is 1.82. The van der Waals surface area contributed by atoms with E-state index in [-0.39, 0.29) is 24.6 Å². The van der Waals surface area contributed by atoms with Crippen LogP contribution in [0.5, 0.6) is 5.75 Å². The maximum absolute atomic E-state index is 13.1. The summed E-state index contributed by atoms with van der Waals surface area (Å²) in [5, 5.41) is 11.5. The summed E-state index contributed by atoms with van der Waals surface area (Å²) in [6.07, 6.45) is 1.13. The van der Waals surface area contributed by atoms with E-state index in [1.165, 1.54) is 19.2 Å². The van der Waals surface area contributed by atoms with Gasteiger partial charge < -0.3 is 15.2 Å².